The van der Waals surface area contributed by atoms with E-state index in [0.29, 0.717) is 48.4 Å². The standard InChI is InChI=1S/C46H38F6N10O4/c47-45(48,49)31-3-1-5-33(21-31)61-35-25-59(41(63)37(35)39(57-43(61)65)29-11-7-27(23-53)8-12-29)19-17-55-15-16-56-18-20-60-26-36-38(42(60)64)40(30-13-9-28(24-54)10-14-30)58-44(66)62(36)34-6-2-4-32(22-34)46(50,51)52/h1-14,21-22,39-40,55-56H,15-20,25-26H2,(H,57,65)(H,58,66)/t39-,40-/m1/s1. The van der Waals surface area contributed by atoms with E-state index in [1.54, 1.807) is 24.3 Å². The Morgan fingerprint density at radius 1 is 0.561 bits per heavy atom. The smallest absolute Gasteiger partial charge is 0.332 e. The Hall–Kier alpha value is -7.68. The van der Waals surface area contributed by atoms with Crippen molar-refractivity contribution in [3.8, 4) is 12.1 Å². The highest BCUT2D eigenvalue weighted by molar-refractivity contribution is 6.08. The number of rotatable bonds is 13. The highest BCUT2D eigenvalue weighted by Crippen LogP contribution is 2.42. The van der Waals surface area contributed by atoms with Crippen molar-refractivity contribution in [3.05, 3.63) is 153 Å². The number of nitriles is 2. The second kappa shape index (κ2) is 18.1. The lowest BCUT2D eigenvalue weighted by molar-refractivity contribution is -0.138. The first-order valence-corrected chi connectivity index (χ1v) is 20.6. The van der Waals surface area contributed by atoms with Crippen LogP contribution in [-0.2, 0) is 21.9 Å². The molecule has 20 heteroatoms. The van der Waals surface area contributed by atoms with Crippen LogP contribution >= 0.6 is 0 Å². The predicted octanol–water partition coefficient (Wildman–Crippen LogP) is 6.08. The average molecular weight is 909 g/mol. The number of anilines is 2. The van der Waals surface area contributed by atoms with Gasteiger partial charge in [0.25, 0.3) is 11.8 Å². The zero-order valence-electron chi connectivity index (χ0n) is 34.6. The minimum atomic E-state index is -4.68. The van der Waals surface area contributed by atoms with Crippen LogP contribution in [0.15, 0.2) is 120 Å². The molecule has 4 aromatic carbocycles. The summed E-state index contributed by atoms with van der Waals surface area (Å²) in [5.74, 6) is -0.847. The van der Waals surface area contributed by atoms with Crippen molar-refractivity contribution in [1.29, 1.82) is 10.5 Å². The molecule has 14 nitrogen and oxygen atoms in total. The second-order valence-electron chi connectivity index (χ2n) is 15.7. The molecule has 4 heterocycles. The van der Waals surface area contributed by atoms with Crippen molar-refractivity contribution in [2.24, 2.45) is 0 Å². The number of urea groups is 2. The molecule has 0 saturated carbocycles. The van der Waals surface area contributed by atoms with E-state index in [-0.39, 0.29) is 60.1 Å². The number of alkyl halides is 6. The van der Waals surface area contributed by atoms with Crippen molar-refractivity contribution in [2.75, 3.05) is 62.2 Å². The summed E-state index contributed by atoms with van der Waals surface area (Å²) in [5.41, 5.74) is 0.500. The van der Waals surface area contributed by atoms with Gasteiger partial charge in [-0.2, -0.15) is 36.9 Å². The summed E-state index contributed by atoms with van der Waals surface area (Å²) in [6.45, 7) is 1.62. The maximum absolute atomic E-state index is 14.0. The highest BCUT2D eigenvalue weighted by atomic mass is 19.4. The Balaban J connectivity index is 0.889. The average Bonchev–Trinajstić information content (AvgIpc) is 3.80. The highest BCUT2D eigenvalue weighted by Gasteiger charge is 2.47. The second-order valence-corrected chi connectivity index (χ2v) is 15.7. The molecule has 6 amide bonds. The molecule has 0 fully saturated rings. The largest absolute Gasteiger partial charge is 0.416 e. The summed E-state index contributed by atoms with van der Waals surface area (Å²) in [4.78, 5) is 60.4. The third-order valence-corrected chi connectivity index (χ3v) is 11.6. The van der Waals surface area contributed by atoms with Gasteiger partial charge < -0.3 is 31.1 Å². The van der Waals surface area contributed by atoms with Gasteiger partial charge in [-0.25, -0.2) is 9.59 Å². The van der Waals surface area contributed by atoms with E-state index in [1.165, 1.54) is 58.3 Å². The summed E-state index contributed by atoms with van der Waals surface area (Å²) < 4.78 is 82.2. The lowest BCUT2D eigenvalue weighted by Gasteiger charge is -2.34. The Kier molecular flexibility index (Phi) is 12.3. The fraction of sp³-hybridized carbons (Fsp3) is 0.261. The maximum Gasteiger partial charge on any atom is 0.416 e. The van der Waals surface area contributed by atoms with Crippen LogP contribution in [0.4, 0.5) is 47.3 Å². The van der Waals surface area contributed by atoms with E-state index in [4.69, 9.17) is 0 Å². The first-order chi connectivity index (χ1) is 31.6. The van der Waals surface area contributed by atoms with Crippen LogP contribution in [0.1, 0.15) is 45.5 Å². The van der Waals surface area contributed by atoms with E-state index in [0.717, 1.165) is 34.1 Å². The lowest BCUT2D eigenvalue weighted by atomic mass is 9.94. The van der Waals surface area contributed by atoms with Crippen LogP contribution in [-0.4, -0.2) is 86.0 Å². The third-order valence-electron chi connectivity index (χ3n) is 11.6. The van der Waals surface area contributed by atoms with Gasteiger partial charge in [-0.15, -0.1) is 0 Å². The summed E-state index contributed by atoms with van der Waals surface area (Å²) in [6, 6.07) is 21.8. The van der Waals surface area contributed by atoms with Crippen LogP contribution in [0, 0.1) is 22.7 Å². The Labute approximate surface area is 373 Å². The minimum Gasteiger partial charge on any atom is -0.332 e. The molecule has 0 saturated heterocycles. The van der Waals surface area contributed by atoms with E-state index >= 15 is 0 Å². The molecule has 0 spiro atoms. The number of nitrogens with one attached hydrogen (secondary N) is 4. The van der Waals surface area contributed by atoms with Crippen LogP contribution < -0.4 is 31.1 Å². The summed E-state index contributed by atoms with van der Waals surface area (Å²) in [6.07, 6.45) is -9.36. The topological polar surface area (TPSA) is 177 Å². The van der Waals surface area contributed by atoms with Gasteiger partial charge >= 0.3 is 24.4 Å². The number of carbonyl (C=O) groups is 4. The Morgan fingerprint density at radius 2 is 0.939 bits per heavy atom. The Morgan fingerprint density at radius 3 is 1.29 bits per heavy atom. The number of nitrogens with zero attached hydrogens (tertiary/aromatic N) is 6. The van der Waals surface area contributed by atoms with E-state index < -0.39 is 59.4 Å². The van der Waals surface area contributed by atoms with Crippen LogP contribution in [0.25, 0.3) is 0 Å². The van der Waals surface area contributed by atoms with Crippen molar-refractivity contribution >= 4 is 35.3 Å². The number of hydrogen-bond donors (Lipinski definition) is 4. The van der Waals surface area contributed by atoms with Crippen molar-refractivity contribution in [3.63, 3.8) is 0 Å². The molecule has 4 aromatic rings. The number of amides is 6. The van der Waals surface area contributed by atoms with E-state index in [2.05, 4.69) is 21.3 Å². The van der Waals surface area contributed by atoms with E-state index in [9.17, 15) is 56.0 Å². The molecule has 0 aliphatic carbocycles. The molecule has 0 aromatic heterocycles. The number of halogens is 6. The van der Waals surface area contributed by atoms with Gasteiger partial charge in [-0.05, 0) is 71.8 Å². The molecule has 338 valence electrons. The lowest BCUT2D eigenvalue weighted by Crippen LogP contribution is -2.47. The quantitative estimate of drug-likeness (QED) is 0.0922. The normalized spacial score (nSPS) is 18.6. The molecule has 8 rings (SSSR count). The van der Waals surface area contributed by atoms with Gasteiger partial charge in [-0.1, -0.05) is 36.4 Å². The summed E-state index contributed by atoms with van der Waals surface area (Å²) in [7, 11) is 0. The SMILES string of the molecule is N#Cc1ccc([C@H]2NC(=O)N(c3cccc(C(F)(F)F)c3)C3=C2C(=O)N(CCNCCNCCN2CC4=C(C2=O)[C@@H](c2ccc(C#N)cc2)NC(=O)N4c2cccc(C(F)(F)F)c2)C3)cc1. The zero-order valence-corrected chi connectivity index (χ0v) is 34.6. The maximum atomic E-state index is 14.0. The number of benzene rings is 4. The molecule has 0 unspecified atom stereocenters. The first-order valence-electron chi connectivity index (χ1n) is 20.6. The molecular weight excluding hydrogens is 871 g/mol. The van der Waals surface area contributed by atoms with Crippen LogP contribution in [0.3, 0.4) is 0 Å². The number of carbonyl (C=O) groups excluding carboxylic acids is 4. The molecule has 66 heavy (non-hydrogen) atoms. The van der Waals surface area contributed by atoms with Gasteiger partial charge in [-0.3, -0.25) is 19.4 Å². The fourth-order valence-electron chi connectivity index (χ4n) is 8.40. The molecule has 0 radical (unpaired) electrons. The zero-order chi connectivity index (χ0) is 46.9. The first kappa shape index (κ1) is 44.9. The van der Waals surface area contributed by atoms with Crippen molar-refractivity contribution < 1.29 is 45.5 Å². The number of hydrogen-bond acceptors (Lipinski definition) is 8. The summed E-state index contributed by atoms with van der Waals surface area (Å²) >= 11 is 0. The monoisotopic (exact) mass is 908 g/mol. The Bertz CT molecular complexity index is 2550. The predicted molar refractivity (Wildman–Crippen MR) is 226 cm³/mol. The fourth-order valence-corrected chi connectivity index (χ4v) is 8.40. The van der Waals surface area contributed by atoms with Gasteiger partial charge in [0.2, 0.25) is 0 Å². The minimum absolute atomic E-state index is 0.0647. The van der Waals surface area contributed by atoms with Gasteiger partial charge in [0.1, 0.15) is 0 Å². The van der Waals surface area contributed by atoms with Crippen LogP contribution in [0.2, 0.25) is 0 Å². The molecule has 4 aliphatic heterocycles. The molecule has 4 aliphatic rings. The molecule has 4 N–H and O–H groups in total. The molecule has 2 atom stereocenters. The van der Waals surface area contributed by atoms with Crippen LogP contribution in [0.5, 0.6) is 0 Å². The van der Waals surface area contributed by atoms with E-state index in [1.807, 2.05) is 12.1 Å². The van der Waals surface area contributed by atoms with Crippen molar-refractivity contribution in [1.82, 2.24) is 31.1 Å². The van der Waals surface area contributed by atoms with Crippen molar-refractivity contribution in [2.45, 2.75) is 24.4 Å². The van der Waals surface area contributed by atoms with Gasteiger partial charge in [0.05, 0.1) is 93.5 Å². The van der Waals surface area contributed by atoms with Gasteiger partial charge in [0, 0.05) is 39.3 Å². The summed E-state index contributed by atoms with van der Waals surface area (Å²) in [5, 5.41) is 30.6. The third kappa shape index (κ3) is 8.88. The molecular formula is C46H38F6N10O4. The van der Waals surface area contributed by atoms with Gasteiger partial charge in [0.15, 0.2) is 0 Å². The molecule has 0 bridgehead atoms.